The van der Waals surface area contributed by atoms with E-state index < -0.39 is 0 Å². The van der Waals surface area contributed by atoms with E-state index in [1.807, 2.05) is 30.3 Å². The van der Waals surface area contributed by atoms with Gasteiger partial charge in [0.2, 0.25) is 5.91 Å². The summed E-state index contributed by atoms with van der Waals surface area (Å²) >= 11 is 13.6. The van der Waals surface area contributed by atoms with Gasteiger partial charge in [-0.25, -0.2) is 0 Å². The molecule has 0 bridgehead atoms. The molecule has 1 aliphatic heterocycles. The Morgan fingerprint density at radius 1 is 1.33 bits per heavy atom. The highest BCUT2D eigenvalue weighted by atomic mass is 35.5. The molecule has 0 saturated carbocycles. The Bertz CT molecular complexity index is 1150. The van der Waals surface area contributed by atoms with Crippen LogP contribution in [-0.4, -0.2) is 47.5 Å². The second-order valence-electron chi connectivity index (χ2n) is 7.69. The SMILES string of the molecule is CN(C(=O)[C@@H]1CO1)[C@@H]1c2ccccc2C[C@H]1NC(=O)Cc1cc2sc(Cl)c(Cl)c2[nH]1. The highest BCUT2D eigenvalue weighted by molar-refractivity contribution is 7.23. The average molecular weight is 464 g/mol. The van der Waals surface area contributed by atoms with Crippen LogP contribution in [0.25, 0.3) is 10.2 Å². The van der Waals surface area contributed by atoms with Crippen molar-refractivity contribution in [2.24, 2.45) is 0 Å². The van der Waals surface area contributed by atoms with E-state index >= 15 is 0 Å². The number of ether oxygens (including phenoxy) is 1. The molecule has 2 aliphatic rings. The molecular formula is C21H19Cl2N3O3S. The fourth-order valence-corrected chi connectivity index (χ4v) is 5.74. The third-order valence-electron chi connectivity index (χ3n) is 5.69. The first-order chi connectivity index (χ1) is 14.4. The van der Waals surface area contributed by atoms with Crippen LogP contribution in [0.2, 0.25) is 9.36 Å². The normalized spacial score (nSPS) is 22.2. The summed E-state index contributed by atoms with van der Waals surface area (Å²) < 4.78 is 6.63. The molecule has 1 saturated heterocycles. The molecule has 3 aromatic rings. The lowest BCUT2D eigenvalue weighted by Gasteiger charge is -2.30. The fourth-order valence-electron chi connectivity index (χ4n) is 4.24. The van der Waals surface area contributed by atoms with Crippen molar-refractivity contribution in [3.8, 4) is 0 Å². The molecule has 156 valence electrons. The zero-order valence-electron chi connectivity index (χ0n) is 16.1. The lowest BCUT2D eigenvalue weighted by atomic mass is 10.0. The predicted molar refractivity (Wildman–Crippen MR) is 117 cm³/mol. The van der Waals surface area contributed by atoms with Crippen LogP contribution in [0, 0.1) is 0 Å². The maximum atomic E-state index is 12.8. The van der Waals surface area contributed by atoms with E-state index in [0.717, 1.165) is 27.0 Å². The molecule has 3 heterocycles. The van der Waals surface area contributed by atoms with E-state index in [4.69, 9.17) is 27.9 Å². The first kappa shape index (κ1) is 19.9. The Kier molecular flexibility index (Phi) is 5.01. The van der Waals surface area contributed by atoms with Gasteiger partial charge in [-0.05, 0) is 23.6 Å². The number of carbonyl (C=O) groups excluding carboxylic acids is 2. The Hall–Kier alpha value is -2.06. The molecule has 0 unspecified atom stereocenters. The van der Waals surface area contributed by atoms with E-state index in [2.05, 4.69) is 10.3 Å². The largest absolute Gasteiger partial charge is 0.363 e. The lowest BCUT2D eigenvalue weighted by Crippen LogP contribution is -2.46. The number of aromatic amines is 1. The summed E-state index contributed by atoms with van der Waals surface area (Å²) in [5.41, 5.74) is 3.75. The van der Waals surface area contributed by atoms with Crippen molar-refractivity contribution in [3.63, 3.8) is 0 Å². The van der Waals surface area contributed by atoms with Gasteiger partial charge < -0.3 is 19.9 Å². The maximum Gasteiger partial charge on any atom is 0.254 e. The van der Waals surface area contributed by atoms with Crippen LogP contribution in [0.15, 0.2) is 30.3 Å². The van der Waals surface area contributed by atoms with Gasteiger partial charge in [0.05, 0.1) is 40.4 Å². The van der Waals surface area contributed by atoms with E-state index in [-0.39, 0.29) is 36.4 Å². The molecule has 3 atom stereocenters. The molecule has 30 heavy (non-hydrogen) atoms. The Morgan fingerprint density at radius 3 is 2.83 bits per heavy atom. The number of nitrogens with zero attached hydrogens (tertiary/aromatic N) is 1. The zero-order chi connectivity index (χ0) is 21.0. The average Bonchev–Trinajstić information content (AvgIpc) is 3.33. The number of carbonyl (C=O) groups is 2. The summed E-state index contributed by atoms with van der Waals surface area (Å²) in [6.07, 6.45) is 0.512. The van der Waals surface area contributed by atoms with Crippen molar-refractivity contribution < 1.29 is 14.3 Å². The summed E-state index contributed by atoms with van der Waals surface area (Å²) in [6.45, 7) is 0.463. The van der Waals surface area contributed by atoms with Crippen LogP contribution in [0.4, 0.5) is 0 Å². The Balaban J connectivity index is 1.34. The number of amides is 2. The third kappa shape index (κ3) is 3.50. The van der Waals surface area contributed by atoms with Crippen molar-refractivity contribution in [1.82, 2.24) is 15.2 Å². The molecular weight excluding hydrogens is 445 g/mol. The second-order valence-corrected chi connectivity index (χ2v) is 9.73. The number of benzene rings is 1. The monoisotopic (exact) mass is 463 g/mol. The lowest BCUT2D eigenvalue weighted by molar-refractivity contribution is -0.134. The minimum atomic E-state index is -0.359. The van der Waals surface area contributed by atoms with Crippen LogP contribution in [0.1, 0.15) is 22.9 Å². The number of likely N-dealkylation sites (N-methyl/N-ethyl adjacent to an activating group) is 1. The van der Waals surface area contributed by atoms with Gasteiger partial charge in [-0.1, -0.05) is 47.5 Å². The number of aromatic nitrogens is 1. The Labute approximate surface area is 187 Å². The van der Waals surface area contributed by atoms with Gasteiger partial charge in [0.1, 0.15) is 4.34 Å². The summed E-state index contributed by atoms with van der Waals surface area (Å²) in [4.78, 5) is 30.3. The van der Waals surface area contributed by atoms with Crippen LogP contribution >= 0.6 is 34.5 Å². The van der Waals surface area contributed by atoms with E-state index in [1.54, 1.807) is 11.9 Å². The quantitative estimate of drug-likeness (QED) is 0.566. The molecule has 2 aromatic heterocycles. The fraction of sp³-hybridized carbons (Fsp3) is 0.333. The number of halogens is 2. The maximum absolute atomic E-state index is 12.8. The predicted octanol–water partition coefficient (Wildman–Crippen LogP) is 3.72. The van der Waals surface area contributed by atoms with Crippen molar-refractivity contribution in [2.45, 2.75) is 31.0 Å². The second kappa shape index (κ2) is 7.57. The highest BCUT2D eigenvalue weighted by Gasteiger charge is 2.42. The molecule has 1 aliphatic carbocycles. The minimum absolute atomic E-state index is 0.0490. The number of H-pyrrole nitrogens is 1. The van der Waals surface area contributed by atoms with E-state index in [9.17, 15) is 9.59 Å². The number of nitrogens with one attached hydrogen (secondary N) is 2. The summed E-state index contributed by atoms with van der Waals surface area (Å²) in [5, 5.41) is 3.62. The standard InChI is InChI=1S/C21H19Cl2N3O3S/c1-26(21(28)14-9-29-14)19-12-5-3-2-4-10(12)6-13(19)25-16(27)8-11-7-15-18(24-11)17(22)20(23)30-15/h2-5,7,13-14,19,24H,6,8-9H2,1H3,(H,25,27)/t13-,14+,19-/m1/s1. The van der Waals surface area contributed by atoms with Crippen LogP contribution in [-0.2, 0) is 27.2 Å². The van der Waals surface area contributed by atoms with Gasteiger partial charge in [0.25, 0.3) is 5.91 Å². The smallest absolute Gasteiger partial charge is 0.254 e. The van der Waals surface area contributed by atoms with Crippen LogP contribution in [0.3, 0.4) is 0 Å². The molecule has 2 N–H and O–H groups in total. The minimum Gasteiger partial charge on any atom is -0.363 e. The van der Waals surface area contributed by atoms with Gasteiger partial charge in [-0.15, -0.1) is 11.3 Å². The molecule has 9 heteroatoms. The Morgan fingerprint density at radius 2 is 2.10 bits per heavy atom. The summed E-state index contributed by atoms with van der Waals surface area (Å²) in [7, 11) is 1.78. The number of fused-ring (bicyclic) bond motifs is 2. The molecule has 1 fully saturated rings. The first-order valence-electron chi connectivity index (χ1n) is 9.63. The summed E-state index contributed by atoms with van der Waals surface area (Å²) in [6, 6.07) is 9.49. The van der Waals surface area contributed by atoms with Crippen molar-refractivity contribution in [1.29, 1.82) is 0 Å². The van der Waals surface area contributed by atoms with Gasteiger partial charge >= 0.3 is 0 Å². The van der Waals surface area contributed by atoms with E-state index in [0.29, 0.717) is 22.4 Å². The van der Waals surface area contributed by atoms with Gasteiger partial charge in [-0.3, -0.25) is 9.59 Å². The topological polar surface area (TPSA) is 77.7 Å². The first-order valence-corrected chi connectivity index (χ1v) is 11.2. The highest BCUT2D eigenvalue weighted by Crippen LogP contribution is 2.39. The molecule has 0 radical (unpaired) electrons. The van der Waals surface area contributed by atoms with Crippen molar-refractivity contribution >= 4 is 56.6 Å². The van der Waals surface area contributed by atoms with Gasteiger partial charge in [0, 0.05) is 12.7 Å². The molecule has 0 spiro atoms. The van der Waals surface area contributed by atoms with Crippen molar-refractivity contribution in [2.75, 3.05) is 13.7 Å². The number of hydrogen-bond donors (Lipinski definition) is 2. The molecule has 2 amide bonds. The zero-order valence-corrected chi connectivity index (χ0v) is 18.4. The summed E-state index contributed by atoms with van der Waals surface area (Å²) in [5.74, 6) is -0.162. The van der Waals surface area contributed by atoms with Gasteiger partial charge in [-0.2, -0.15) is 0 Å². The number of rotatable bonds is 5. The number of hydrogen-bond acceptors (Lipinski definition) is 4. The van der Waals surface area contributed by atoms with Crippen molar-refractivity contribution in [3.05, 3.63) is 56.5 Å². The van der Waals surface area contributed by atoms with Crippen LogP contribution in [0.5, 0.6) is 0 Å². The molecule has 6 nitrogen and oxygen atoms in total. The van der Waals surface area contributed by atoms with Crippen LogP contribution < -0.4 is 5.32 Å². The molecule has 5 rings (SSSR count). The third-order valence-corrected chi connectivity index (χ3v) is 7.63. The van der Waals surface area contributed by atoms with E-state index in [1.165, 1.54) is 11.3 Å². The molecule has 1 aromatic carbocycles. The van der Waals surface area contributed by atoms with Gasteiger partial charge in [0.15, 0.2) is 6.10 Å². The number of thiophene rings is 1. The number of epoxide rings is 1.